The Labute approximate surface area is 153 Å². The Morgan fingerprint density at radius 2 is 1.62 bits per heavy atom. The van der Waals surface area contributed by atoms with E-state index in [1.165, 1.54) is 21.3 Å². The number of benzene rings is 1. The Kier molecular flexibility index (Phi) is 5.92. The number of anilines is 1. The number of nitrogens with two attached hydrogens (primary N) is 1. The van der Waals surface area contributed by atoms with Crippen LogP contribution >= 0.6 is 0 Å². The van der Waals surface area contributed by atoms with Gasteiger partial charge in [0, 0.05) is 5.56 Å². The molecule has 0 bridgehead atoms. The van der Waals surface area contributed by atoms with E-state index in [2.05, 4.69) is 4.98 Å². The molecule has 0 aliphatic carbocycles. The predicted molar refractivity (Wildman–Crippen MR) is 99.2 cm³/mol. The van der Waals surface area contributed by atoms with Gasteiger partial charge >= 0.3 is 5.97 Å². The topological polar surface area (TPSA) is 92.9 Å². The van der Waals surface area contributed by atoms with Crippen molar-refractivity contribution in [2.24, 2.45) is 0 Å². The lowest BCUT2D eigenvalue weighted by Crippen LogP contribution is -2.13. The van der Waals surface area contributed by atoms with Gasteiger partial charge in [-0.3, -0.25) is 4.98 Å². The van der Waals surface area contributed by atoms with Crippen molar-refractivity contribution < 1.29 is 23.7 Å². The van der Waals surface area contributed by atoms with Crippen molar-refractivity contribution in [3.05, 3.63) is 29.1 Å². The molecule has 26 heavy (non-hydrogen) atoms. The third kappa shape index (κ3) is 3.37. The second-order valence-electron chi connectivity index (χ2n) is 5.58. The number of ether oxygens (including phenoxy) is 4. The fourth-order valence-corrected chi connectivity index (χ4v) is 2.84. The van der Waals surface area contributed by atoms with Crippen LogP contribution in [0, 0.1) is 13.8 Å². The van der Waals surface area contributed by atoms with Crippen molar-refractivity contribution in [2.45, 2.75) is 20.8 Å². The van der Waals surface area contributed by atoms with Gasteiger partial charge in [-0.25, -0.2) is 4.79 Å². The van der Waals surface area contributed by atoms with Crippen LogP contribution < -0.4 is 19.9 Å². The van der Waals surface area contributed by atoms with Crippen LogP contribution in [0.15, 0.2) is 12.1 Å². The van der Waals surface area contributed by atoms with Crippen molar-refractivity contribution in [1.82, 2.24) is 4.98 Å². The fraction of sp³-hybridized carbons (Fsp3) is 0.368. The smallest absolute Gasteiger partial charge is 0.340 e. The first-order valence-corrected chi connectivity index (χ1v) is 8.13. The molecule has 0 fully saturated rings. The maximum atomic E-state index is 12.6. The van der Waals surface area contributed by atoms with E-state index >= 15 is 0 Å². The van der Waals surface area contributed by atoms with E-state index in [0.29, 0.717) is 51.0 Å². The maximum Gasteiger partial charge on any atom is 0.340 e. The van der Waals surface area contributed by atoms with Crippen LogP contribution in [-0.2, 0) is 4.74 Å². The highest BCUT2D eigenvalue weighted by Gasteiger charge is 2.24. The van der Waals surface area contributed by atoms with Gasteiger partial charge in [0.15, 0.2) is 11.5 Å². The Morgan fingerprint density at radius 3 is 2.08 bits per heavy atom. The Hall–Kier alpha value is -2.96. The number of nitrogen functional groups attached to an aromatic ring is 1. The SMILES string of the molecule is CCOC(=O)c1c(C)nc(C)c(N)c1-c1cc(OC)c(OC)c(OC)c1. The number of pyridine rings is 1. The molecule has 7 nitrogen and oxygen atoms in total. The molecule has 1 aromatic carbocycles. The highest BCUT2D eigenvalue weighted by atomic mass is 16.5. The van der Waals surface area contributed by atoms with E-state index in [9.17, 15) is 4.79 Å². The zero-order valence-corrected chi connectivity index (χ0v) is 15.9. The highest BCUT2D eigenvalue weighted by Crippen LogP contribution is 2.44. The summed E-state index contributed by atoms with van der Waals surface area (Å²) in [6.45, 7) is 5.54. The Bertz CT molecular complexity index is 808. The summed E-state index contributed by atoms with van der Waals surface area (Å²) in [6.07, 6.45) is 0. The van der Waals surface area contributed by atoms with Gasteiger partial charge < -0.3 is 24.7 Å². The van der Waals surface area contributed by atoms with Crippen LogP contribution in [0.2, 0.25) is 0 Å². The number of methoxy groups -OCH3 is 3. The minimum absolute atomic E-state index is 0.251. The fourth-order valence-electron chi connectivity index (χ4n) is 2.84. The van der Waals surface area contributed by atoms with Crippen LogP contribution in [0.25, 0.3) is 11.1 Å². The molecule has 0 unspecified atom stereocenters. The Morgan fingerprint density at radius 1 is 1.04 bits per heavy atom. The number of carbonyl (C=O) groups excluding carboxylic acids is 1. The number of aromatic nitrogens is 1. The third-order valence-electron chi connectivity index (χ3n) is 4.04. The minimum atomic E-state index is -0.479. The van der Waals surface area contributed by atoms with Gasteiger partial charge in [0.05, 0.1) is 50.6 Å². The summed E-state index contributed by atoms with van der Waals surface area (Å²) in [4.78, 5) is 16.9. The lowest BCUT2D eigenvalue weighted by molar-refractivity contribution is 0.0526. The summed E-state index contributed by atoms with van der Waals surface area (Å²) in [6, 6.07) is 3.49. The summed E-state index contributed by atoms with van der Waals surface area (Å²) < 4.78 is 21.4. The summed E-state index contributed by atoms with van der Waals surface area (Å²) in [5, 5.41) is 0. The average molecular weight is 360 g/mol. The number of aryl methyl sites for hydroxylation is 2. The molecule has 0 saturated carbocycles. The van der Waals surface area contributed by atoms with Gasteiger partial charge in [0.2, 0.25) is 5.75 Å². The lowest BCUT2D eigenvalue weighted by atomic mass is 9.95. The third-order valence-corrected chi connectivity index (χ3v) is 4.04. The number of rotatable bonds is 6. The second-order valence-corrected chi connectivity index (χ2v) is 5.58. The standard InChI is InChI=1S/C19H24N2O5/c1-7-26-19(22)15-10(2)21-11(3)17(20)16(15)12-8-13(23-4)18(25-6)14(9-12)24-5/h8-9H,7,20H2,1-6H3. The van der Waals surface area contributed by atoms with Crippen LogP contribution in [0.3, 0.4) is 0 Å². The normalized spacial score (nSPS) is 10.4. The summed E-state index contributed by atoms with van der Waals surface area (Å²) in [5.74, 6) is 0.900. The van der Waals surface area contributed by atoms with Crippen LogP contribution in [-0.4, -0.2) is 38.9 Å². The molecule has 7 heteroatoms. The number of carbonyl (C=O) groups is 1. The molecule has 0 amide bonds. The molecule has 1 heterocycles. The number of nitrogens with zero attached hydrogens (tertiary/aromatic N) is 1. The number of esters is 1. The molecule has 0 saturated heterocycles. The lowest BCUT2D eigenvalue weighted by Gasteiger charge is -2.19. The first-order valence-electron chi connectivity index (χ1n) is 8.13. The van der Waals surface area contributed by atoms with E-state index in [1.54, 1.807) is 32.9 Å². The van der Waals surface area contributed by atoms with Crippen molar-refractivity contribution in [1.29, 1.82) is 0 Å². The first kappa shape index (κ1) is 19.4. The molecular formula is C19H24N2O5. The van der Waals surface area contributed by atoms with Gasteiger partial charge in [-0.1, -0.05) is 0 Å². The number of hydrogen-bond donors (Lipinski definition) is 1. The molecule has 0 aliphatic rings. The van der Waals surface area contributed by atoms with Gasteiger partial charge in [-0.15, -0.1) is 0 Å². The summed E-state index contributed by atoms with van der Waals surface area (Å²) >= 11 is 0. The second kappa shape index (κ2) is 7.95. The first-order chi connectivity index (χ1) is 12.4. The van der Waals surface area contributed by atoms with Crippen LogP contribution in [0.1, 0.15) is 28.7 Å². The van der Waals surface area contributed by atoms with Crippen molar-refractivity contribution in [3.8, 4) is 28.4 Å². The van der Waals surface area contributed by atoms with Crippen LogP contribution in [0.4, 0.5) is 5.69 Å². The van der Waals surface area contributed by atoms with Crippen molar-refractivity contribution in [3.63, 3.8) is 0 Å². The zero-order chi connectivity index (χ0) is 19.4. The quantitative estimate of drug-likeness (QED) is 0.791. The minimum Gasteiger partial charge on any atom is -0.493 e. The van der Waals surface area contributed by atoms with Crippen LogP contribution in [0.5, 0.6) is 17.2 Å². The van der Waals surface area contributed by atoms with E-state index in [4.69, 9.17) is 24.7 Å². The summed E-state index contributed by atoms with van der Waals surface area (Å²) in [5.41, 5.74) is 9.36. The predicted octanol–water partition coefficient (Wildman–Crippen LogP) is 3.15. The molecule has 2 aromatic rings. The van der Waals surface area contributed by atoms with Gasteiger partial charge in [0.25, 0.3) is 0 Å². The van der Waals surface area contributed by atoms with Gasteiger partial charge in [-0.05, 0) is 38.5 Å². The molecule has 2 rings (SSSR count). The average Bonchev–Trinajstić information content (AvgIpc) is 2.63. The molecular weight excluding hydrogens is 336 g/mol. The van der Waals surface area contributed by atoms with Gasteiger partial charge in [0.1, 0.15) is 0 Å². The van der Waals surface area contributed by atoms with Crippen molar-refractivity contribution in [2.75, 3.05) is 33.7 Å². The molecule has 140 valence electrons. The number of hydrogen-bond acceptors (Lipinski definition) is 7. The summed E-state index contributed by atoms with van der Waals surface area (Å²) in [7, 11) is 4.58. The molecule has 0 spiro atoms. The highest BCUT2D eigenvalue weighted by molar-refractivity contribution is 6.02. The van der Waals surface area contributed by atoms with Gasteiger partial charge in [-0.2, -0.15) is 0 Å². The van der Waals surface area contributed by atoms with E-state index in [1.807, 2.05) is 0 Å². The van der Waals surface area contributed by atoms with Crippen molar-refractivity contribution >= 4 is 11.7 Å². The van der Waals surface area contributed by atoms with E-state index in [-0.39, 0.29) is 6.61 Å². The molecule has 0 radical (unpaired) electrons. The molecule has 2 N–H and O–H groups in total. The molecule has 0 atom stereocenters. The molecule has 1 aromatic heterocycles. The largest absolute Gasteiger partial charge is 0.493 e. The zero-order valence-electron chi connectivity index (χ0n) is 15.9. The molecule has 0 aliphatic heterocycles. The monoisotopic (exact) mass is 360 g/mol. The Balaban J connectivity index is 2.85. The van der Waals surface area contributed by atoms with E-state index < -0.39 is 5.97 Å². The maximum absolute atomic E-state index is 12.6. The van der Waals surface area contributed by atoms with E-state index in [0.717, 1.165) is 0 Å².